The lowest BCUT2D eigenvalue weighted by Gasteiger charge is -2.20. The van der Waals surface area contributed by atoms with Crippen LogP contribution in [0.2, 0.25) is 0 Å². The molecule has 0 N–H and O–H groups in total. The van der Waals surface area contributed by atoms with E-state index in [-0.39, 0.29) is 0 Å². The summed E-state index contributed by atoms with van der Waals surface area (Å²) in [7, 11) is 0. The minimum Gasteiger partial charge on any atom is -0.153 e. The second kappa shape index (κ2) is 3.53. The van der Waals surface area contributed by atoms with Gasteiger partial charge in [-0.2, -0.15) is 11.8 Å². The fraction of sp³-hybridized carbons (Fsp3) is 0.600. The first-order valence-electron chi connectivity index (χ1n) is 6.57. The molecule has 16 heavy (non-hydrogen) atoms. The molecule has 3 fully saturated rings. The lowest BCUT2D eigenvalue weighted by molar-refractivity contribution is 0.467. The molecule has 4 rings (SSSR count). The van der Waals surface area contributed by atoms with Crippen LogP contribution in [0.15, 0.2) is 30.3 Å². The topological polar surface area (TPSA) is 0 Å². The predicted molar refractivity (Wildman–Crippen MR) is 69.3 cm³/mol. The van der Waals surface area contributed by atoms with E-state index >= 15 is 0 Å². The van der Waals surface area contributed by atoms with Crippen LogP contribution in [-0.2, 0) is 5.75 Å². The summed E-state index contributed by atoms with van der Waals surface area (Å²) in [5.41, 5.74) is 1.50. The van der Waals surface area contributed by atoms with E-state index in [1.807, 2.05) is 0 Å². The van der Waals surface area contributed by atoms with E-state index in [4.69, 9.17) is 0 Å². The fourth-order valence-electron chi connectivity index (χ4n) is 4.11. The summed E-state index contributed by atoms with van der Waals surface area (Å²) < 4.78 is 0. The molecular weight excluding hydrogens is 212 g/mol. The van der Waals surface area contributed by atoms with E-state index in [0.717, 1.165) is 23.0 Å². The summed E-state index contributed by atoms with van der Waals surface area (Å²) in [6.45, 7) is 0. The van der Waals surface area contributed by atoms with Gasteiger partial charge in [0.05, 0.1) is 0 Å². The van der Waals surface area contributed by atoms with Crippen molar-refractivity contribution in [3.05, 3.63) is 35.9 Å². The zero-order valence-electron chi connectivity index (χ0n) is 9.51. The van der Waals surface area contributed by atoms with Crippen LogP contribution in [0.1, 0.15) is 24.8 Å². The van der Waals surface area contributed by atoms with Gasteiger partial charge in [-0.25, -0.2) is 0 Å². The molecule has 0 aromatic heterocycles. The largest absolute Gasteiger partial charge is 0.153 e. The van der Waals surface area contributed by atoms with Gasteiger partial charge in [0.15, 0.2) is 0 Å². The molecular formula is C15H18S. The smallest absolute Gasteiger partial charge is 0.0187 e. The molecule has 2 bridgehead atoms. The van der Waals surface area contributed by atoms with Gasteiger partial charge in [0.1, 0.15) is 0 Å². The maximum absolute atomic E-state index is 2.26. The van der Waals surface area contributed by atoms with Crippen LogP contribution in [0.5, 0.6) is 0 Å². The molecule has 0 aliphatic heterocycles. The first-order valence-corrected chi connectivity index (χ1v) is 7.62. The van der Waals surface area contributed by atoms with Gasteiger partial charge in [-0.15, -0.1) is 0 Å². The normalized spacial score (nSPS) is 43.4. The van der Waals surface area contributed by atoms with Crippen molar-refractivity contribution in [3.63, 3.8) is 0 Å². The Morgan fingerprint density at radius 3 is 2.56 bits per heavy atom. The van der Waals surface area contributed by atoms with E-state index in [1.165, 1.54) is 23.7 Å². The SMILES string of the molecule is c1ccc(CSC2CC3CC2C2CC32)cc1. The van der Waals surface area contributed by atoms with Crippen LogP contribution in [0.4, 0.5) is 0 Å². The van der Waals surface area contributed by atoms with Crippen LogP contribution in [-0.4, -0.2) is 5.25 Å². The summed E-state index contributed by atoms with van der Waals surface area (Å²) in [6, 6.07) is 11.0. The van der Waals surface area contributed by atoms with Crippen molar-refractivity contribution < 1.29 is 0 Å². The van der Waals surface area contributed by atoms with Gasteiger partial charge in [-0.1, -0.05) is 30.3 Å². The standard InChI is InChI=1S/C15H18S/c1-2-4-10(5-3-1)9-16-15-7-11-6-14(15)13-8-12(11)13/h1-5,11-15H,6-9H2. The van der Waals surface area contributed by atoms with Crippen LogP contribution >= 0.6 is 11.8 Å². The van der Waals surface area contributed by atoms with Crippen LogP contribution in [0.3, 0.4) is 0 Å². The zero-order valence-corrected chi connectivity index (χ0v) is 10.3. The minimum atomic E-state index is 0.994. The molecule has 1 heteroatoms. The van der Waals surface area contributed by atoms with Crippen LogP contribution < -0.4 is 0 Å². The highest BCUT2D eigenvalue weighted by atomic mass is 32.2. The van der Waals surface area contributed by atoms with Gasteiger partial charge in [-0.3, -0.25) is 0 Å². The van der Waals surface area contributed by atoms with E-state index in [0.29, 0.717) is 0 Å². The first-order chi connectivity index (χ1) is 7.92. The monoisotopic (exact) mass is 230 g/mol. The number of rotatable bonds is 3. The molecule has 5 atom stereocenters. The predicted octanol–water partition coefficient (Wildman–Crippen LogP) is 3.96. The molecule has 0 saturated heterocycles. The van der Waals surface area contributed by atoms with E-state index in [2.05, 4.69) is 42.1 Å². The number of hydrogen-bond acceptors (Lipinski definition) is 1. The van der Waals surface area contributed by atoms with Crippen LogP contribution in [0, 0.1) is 23.7 Å². The zero-order chi connectivity index (χ0) is 10.5. The van der Waals surface area contributed by atoms with Gasteiger partial charge in [-0.05, 0) is 48.5 Å². The molecule has 0 heterocycles. The number of thioether (sulfide) groups is 1. The number of benzene rings is 1. The molecule has 0 radical (unpaired) electrons. The molecule has 3 aliphatic rings. The van der Waals surface area contributed by atoms with Crippen molar-refractivity contribution in [3.8, 4) is 0 Å². The molecule has 5 unspecified atom stereocenters. The van der Waals surface area contributed by atoms with Gasteiger partial charge >= 0.3 is 0 Å². The highest BCUT2D eigenvalue weighted by Crippen LogP contribution is 2.67. The van der Waals surface area contributed by atoms with E-state index in [1.54, 1.807) is 12.8 Å². The van der Waals surface area contributed by atoms with Gasteiger partial charge in [0.2, 0.25) is 0 Å². The quantitative estimate of drug-likeness (QED) is 0.757. The Hall–Kier alpha value is -0.430. The molecule has 0 nitrogen and oxygen atoms in total. The van der Waals surface area contributed by atoms with Crippen LogP contribution in [0.25, 0.3) is 0 Å². The average molecular weight is 230 g/mol. The Kier molecular flexibility index (Phi) is 2.11. The highest BCUT2D eigenvalue weighted by Gasteiger charge is 2.60. The van der Waals surface area contributed by atoms with Crippen molar-refractivity contribution in [2.24, 2.45) is 23.7 Å². The van der Waals surface area contributed by atoms with Gasteiger partial charge in [0, 0.05) is 11.0 Å². The molecule has 0 amide bonds. The third-order valence-electron chi connectivity index (χ3n) is 4.94. The summed E-state index contributed by atoms with van der Waals surface area (Å²) in [5.74, 6) is 5.80. The van der Waals surface area contributed by atoms with Crippen molar-refractivity contribution in [1.29, 1.82) is 0 Å². The molecule has 1 aromatic carbocycles. The molecule has 0 spiro atoms. The van der Waals surface area contributed by atoms with Gasteiger partial charge < -0.3 is 0 Å². The fourth-order valence-corrected chi connectivity index (χ4v) is 5.65. The Balaban J connectivity index is 1.39. The van der Waals surface area contributed by atoms with Crippen molar-refractivity contribution in [2.75, 3.05) is 0 Å². The summed E-state index contributed by atoms with van der Waals surface area (Å²) in [6.07, 6.45) is 4.68. The number of hydrogen-bond donors (Lipinski definition) is 0. The average Bonchev–Trinajstić information content (AvgIpc) is 2.95. The maximum atomic E-state index is 2.26. The summed E-state index contributed by atoms with van der Waals surface area (Å²) in [4.78, 5) is 0. The van der Waals surface area contributed by atoms with Gasteiger partial charge in [0.25, 0.3) is 0 Å². The molecule has 84 valence electrons. The van der Waals surface area contributed by atoms with Crippen molar-refractivity contribution in [1.82, 2.24) is 0 Å². The summed E-state index contributed by atoms with van der Waals surface area (Å²) >= 11 is 2.23. The summed E-state index contributed by atoms with van der Waals surface area (Å²) in [5, 5.41) is 0.994. The third kappa shape index (κ3) is 1.44. The molecule has 3 aliphatic carbocycles. The number of fused-ring (bicyclic) bond motifs is 5. The lowest BCUT2D eigenvalue weighted by atomic mass is 10.0. The Bertz CT molecular complexity index is 386. The Labute approximate surface area is 102 Å². The second-order valence-corrected chi connectivity index (χ2v) is 7.02. The van der Waals surface area contributed by atoms with Crippen molar-refractivity contribution >= 4 is 11.8 Å². The van der Waals surface area contributed by atoms with E-state index in [9.17, 15) is 0 Å². The molecule has 1 aromatic rings. The van der Waals surface area contributed by atoms with Crippen molar-refractivity contribution in [2.45, 2.75) is 30.3 Å². The molecule has 3 saturated carbocycles. The maximum Gasteiger partial charge on any atom is 0.0187 e. The first kappa shape index (κ1) is 9.58. The van der Waals surface area contributed by atoms with E-state index < -0.39 is 0 Å². The lowest BCUT2D eigenvalue weighted by Crippen LogP contribution is -2.15. The Morgan fingerprint density at radius 1 is 0.938 bits per heavy atom. The third-order valence-corrected chi connectivity index (χ3v) is 6.41. The second-order valence-electron chi connectivity index (χ2n) is 5.79. The Morgan fingerprint density at radius 2 is 1.81 bits per heavy atom. The highest BCUT2D eigenvalue weighted by molar-refractivity contribution is 7.99. The minimum absolute atomic E-state index is 0.994.